The molecule has 0 aliphatic carbocycles. The largest absolute Gasteiger partial charge is 0.464 e. The van der Waals surface area contributed by atoms with Crippen molar-refractivity contribution in [2.24, 2.45) is 0 Å². The first kappa shape index (κ1) is 12.7. The summed E-state index contributed by atoms with van der Waals surface area (Å²) in [5.41, 5.74) is 0. The van der Waals surface area contributed by atoms with Crippen molar-refractivity contribution in [2.75, 3.05) is 13.2 Å². The van der Waals surface area contributed by atoms with Crippen LogP contribution in [0.15, 0.2) is 16.5 Å². The lowest BCUT2D eigenvalue weighted by Gasteiger charge is -2.22. The monoisotopic (exact) mass is 237 g/mol. The van der Waals surface area contributed by atoms with E-state index < -0.39 is 0 Å². The number of furan rings is 1. The van der Waals surface area contributed by atoms with Gasteiger partial charge in [-0.3, -0.25) is 0 Å². The van der Waals surface area contributed by atoms with Gasteiger partial charge in [0.2, 0.25) is 0 Å². The van der Waals surface area contributed by atoms with Crippen LogP contribution in [0.3, 0.4) is 0 Å². The van der Waals surface area contributed by atoms with E-state index in [1.165, 1.54) is 0 Å². The van der Waals surface area contributed by atoms with Crippen LogP contribution in [0.4, 0.5) is 0 Å². The van der Waals surface area contributed by atoms with E-state index in [9.17, 15) is 0 Å². The van der Waals surface area contributed by atoms with Gasteiger partial charge >= 0.3 is 0 Å². The number of nitrogens with one attached hydrogen (secondary N) is 1. The molecule has 0 bridgehead atoms. The Morgan fingerprint density at radius 1 is 1.41 bits per heavy atom. The van der Waals surface area contributed by atoms with Gasteiger partial charge in [0.1, 0.15) is 11.5 Å². The van der Waals surface area contributed by atoms with E-state index in [1.807, 2.05) is 0 Å². The summed E-state index contributed by atoms with van der Waals surface area (Å²) in [6.45, 7) is 6.19. The highest BCUT2D eigenvalue weighted by molar-refractivity contribution is 5.12. The lowest BCUT2D eigenvalue weighted by atomic mass is 10.1. The van der Waals surface area contributed by atoms with Crippen LogP contribution in [-0.4, -0.2) is 19.3 Å². The van der Waals surface area contributed by atoms with Crippen LogP contribution >= 0.6 is 0 Å². The van der Waals surface area contributed by atoms with E-state index in [0.717, 1.165) is 50.4 Å². The minimum atomic E-state index is 0.220. The maximum absolute atomic E-state index is 5.86. The van der Waals surface area contributed by atoms with Gasteiger partial charge in [-0.25, -0.2) is 0 Å². The van der Waals surface area contributed by atoms with Gasteiger partial charge in [-0.1, -0.05) is 13.8 Å². The van der Waals surface area contributed by atoms with Gasteiger partial charge in [0.05, 0.1) is 12.1 Å². The third kappa shape index (κ3) is 3.11. The smallest absolute Gasteiger partial charge is 0.123 e. The van der Waals surface area contributed by atoms with Crippen LogP contribution in [0.25, 0.3) is 0 Å². The van der Waals surface area contributed by atoms with Gasteiger partial charge < -0.3 is 14.5 Å². The summed E-state index contributed by atoms with van der Waals surface area (Å²) in [5, 5.41) is 3.55. The summed E-state index contributed by atoms with van der Waals surface area (Å²) >= 11 is 0. The molecule has 1 saturated heterocycles. The molecule has 0 saturated carbocycles. The van der Waals surface area contributed by atoms with E-state index in [0.29, 0.717) is 0 Å². The molecule has 1 aromatic heterocycles. The molecule has 1 N–H and O–H groups in total. The van der Waals surface area contributed by atoms with E-state index in [1.54, 1.807) is 0 Å². The van der Waals surface area contributed by atoms with E-state index in [2.05, 4.69) is 31.3 Å². The molecule has 0 amide bonds. The Labute approximate surface area is 104 Å². The fourth-order valence-electron chi connectivity index (χ4n) is 2.33. The zero-order valence-corrected chi connectivity index (χ0v) is 10.9. The average Bonchev–Trinajstić information content (AvgIpc) is 3.00. The van der Waals surface area contributed by atoms with E-state index >= 15 is 0 Å². The summed E-state index contributed by atoms with van der Waals surface area (Å²) in [5.74, 6) is 2.09. The predicted octanol–water partition coefficient (Wildman–Crippen LogP) is 3.06. The molecule has 0 radical (unpaired) electrons. The summed E-state index contributed by atoms with van der Waals surface area (Å²) in [4.78, 5) is 0. The first-order chi connectivity index (χ1) is 8.35. The van der Waals surface area contributed by atoms with Crippen LogP contribution in [0.1, 0.15) is 50.7 Å². The molecule has 2 unspecified atom stereocenters. The van der Waals surface area contributed by atoms with Crippen molar-refractivity contribution in [1.82, 2.24) is 5.32 Å². The fraction of sp³-hybridized carbons (Fsp3) is 0.714. The number of rotatable bonds is 6. The second-order valence-electron chi connectivity index (χ2n) is 4.64. The number of aryl methyl sites for hydroxylation is 1. The zero-order valence-electron chi connectivity index (χ0n) is 10.9. The van der Waals surface area contributed by atoms with Crippen molar-refractivity contribution in [1.29, 1.82) is 0 Å². The Morgan fingerprint density at radius 3 is 2.88 bits per heavy atom. The van der Waals surface area contributed by atoms with Crippen LogP contribution in [0, 0.1) is 0 Å². The lowest BCUT2D eigenvalue weighted by molar-refractivity contribution is 0.0708. The van der Waals surface area contributed by atoms with Crippen LogP contribution in [-0.2, 0) is 11.2 Å². The Kier molecular flexibility index (Phi) is 4.63. The first-order valence-electron chi connectivity index (χ1n) is 6.78. The Balaban J connectivity index is 2.07. The molecule has 2 atom stereocenters. The molecule has 1 aliphatic rings. The number of hydrogen-bond donors (Lipinski definition) is 1. The second kappa shape index (κ2) is 6.22. The molecular formula is C14H23NO2. The van der Waals surface area contributed by atoms with Gasteiger partial charge in [0.15, 0.2) is 0 Å². The van der Waals surface area contributed by atoms with Crippen molar-refractivity contribution in [3.8, 4) is 0 Å². The minimum absolute atomic E-state index is 0.220. The molecule has 1 aromatic rings. The molecule has 0 aromatic carbocycles. The van der Waals surface area contributed by atoms with Crippen molar-refractivity contribution in [3.05, 3.63) is 23.7 Å². The van der Waals surface area contributed by atoms with Crippen molar-refractivity contribution in [3.63, 3.8) is 0 Å². The number of hydrogen-bond acceptors (Lipinski definition) is 3. The van der Waals surface area contributed by atoms with E-state index in [4.69, 9.17) is 9.15 Å². The molecule has 2 heterocycles. The van der Waals surface area contributed by atoms with Crippen molar-refractivity contribution < 1.29 is 9.15 Å². The minimum Gasteiger partial charge on any atom is -0.464 e. The first-order valence-corrected chi connectivity index (χ1v) is 6.78. The molecule has 96 valence electrons. The predicted molar refractivity (Wildman–Crippen MR) is 68.1 cm³/mol. The van der Waals surface area contributed by atoms with Crippen LogP contribution in [0.2, 0.25) is 0 Å². The topological polar surface area (TPSA) is 34.4 Å². The number of ether oxygens (including phenoxy) is 1. The van der Waals surface area contributed by atoms with Gasteiger partial charge in [-0.2, -0.15) is 0 Å². The molecule has 0 spiro atoms. The fourth-order valence-corrected chi connectivity index (χ4v) is 2.33. The van der Waals surface area contributed by atoms with Gasteiger partial charge in [0, 0.05) is 13.0 Å². The normalized spacial score (nSPS) is 21.9. The Morgan fingerprint density at radius 2 is 2.29 bits per heavy atom. The van der Waals surface area contributed by atoms with Crippen molar-refractivity contribution >= 4 is 0 Å². The molecule has 17 heavy (non-hydrogen) atoms. The highest BCUT2D eigenvalue weighted by Gasteiger charge is 2.28. The highest BCUT2D eigenvalue weighted by Crippen LogP contribution is 2.28. The van der Waals surface area contributed by atoms with E-state index in [-0.39, 0.29) is 12.1 Å². The average molecular weight is 237 g/mol. The molecule has 3 nitrogen and oxygen atoms in total. The SMILES string of the molecule is CCCNC(c1ccc(CC)o1)C1CCCO1. The maximum Gasteiger partial charge on any atom is 0.123 e. The summed E-state index contributed by atoms with van der Waals surface area (Å²) in [7, 11) is 0. The molecule has 3 heteroatoms. The Hall–Kier alpha value is -0.800. The third-order valence-electron chi connectivity index (χ3n) is 3.29. The zero-order chi connectivity index (χ0) is 12.1. The second-order valence-corrected chi connectivity index (χ2v) is 4.64. The molecular weight excluding hydrogens is 214 g/mol. The third-order valence-corrected chi connectivity index (χ3v) is 3.29. The Bertz CT molecular complexity index is 329. The lowest BCUT2D eigenvalue weighted by Crippen LogP contribution is -2.31. The summed E-state index contributed by atoms with van der Waals surface area (Å²) < 4.78 is 11.6. The van der Waals surface area contributed by atoms with Gasteiger partial charge in [-0.05, 0) is 37.9 Å². The summed E-state index contributed by atoms with van der Waals surface area (Å²) in [6.07, 6.45) is 4.65. The molecule has 1 fully saturated rings. The molecule has 2 rings (SSSR count). The highest BCUT2D eigenvalue weighted by atomic mass is 16.5. The maximum atomic E-state index is 5.86. The van der Waals surface area contributed by atoms with Crippen molar-refractivity contribution in [2.45, 2.75) is 51.7 Å². The summed E-state index contributed by atoms with van der Waals surface area (Å²) in [6, 6.07) is 4.39. The quantitative estimate of drug-likeness (QED) is 0.825. The molecule has 1 aliphatic heterocycles. The van der Waals surface area contributed by atoms with Gasteiger partial charge in [-0.15, -0.1) is 0 Å². The van der Waals surface area contributed by atoms with Crippen LogP contribution < -0.4 is 5.32 Å². The van der Waals surface area contributed by atoms with Crippen LogP contribution in [0.5, 0.6) is 0 Å². The van der Waals surface area contributed by atoms with Gasteiger partial charge in [0.25, 0.3) is 0 Å². The standard InChI is InChI=1S/C14H23NO2/c1-3-9-15-14(12-6-5-10-16-12)13-8-7-11(4-2)17-13/h7-8,12,14-15H,3-6,9-10H2,1-2H3.